The van der Waals surface area contributed by atoms with Gasteiger partial charge in [0.25, 0.3) is 5.91 Å². The molecule has 2 rings (SSSR count). The lowest BCUT2D eigenvalue weighted by molar-refractivity contribution is 0.0916. The van der Waals surface area contributed by atoms with Crippen LogP contribution in [0.1, 0.15) is 29.6 Å². The summed E-state index contributed by atoms with van der Waals surface area (Å²) in [6.45, 7) is 0.444. The van der Waals surface area contributed by atoms with Gasteiger partial charge < -0.3 is 15.2 Å². The van der Waals surface area contributed by atoms with E-state index < -0.39 is 5.82 Å². The molecule has 2 N–H and O–H groups in total. The van der Waals surface area contributed by atoms with E-state index in [-0.39, 0.29) is 23.7 Å². The van der Waals surface area contributed by atoms with Gasteiger partial charge in [-0.05, 0) is 31.0 Å². The zero-order chi connectivity index (χ0) is 13.8. The summed E-state index contributed by atoms with van der Waals surface area (Å²) in [5.74, 6) is -0.609. The summed E-state index contributed by atoms with van der Waals surface area (Å²) in [6.07, 6.45) is 2.38. The first-order valence-corrected chi connectivity index (χ1v) is 6.41. The van der Waals surface area contributed by atoms with E-state index in [4.69, 9.17) is 4.74 Å². The molecule has 19 heavy (non-hydrogen) atoms. The van der Waals surface area contributed by atoms with Crippen LogP contribution in [0.2, 0.25) is 0 Å². The largest absolute Gasteiger partial charge is 0.494 e. The number of carbonyl (C=O) groups is 1. The lowest BCUT2D eigenvalue weighted by atomic mass is 10.1. The van der Waals surface area contributed by atoms with Gasteiger partial charge in [0.1, 0.15) is 0 Å². The first kappa shape index (κ1) is 13.8. The van der Waals surface area contributed by atoms with Crippen LogP contribution in [0.25, 0.3) is 0 Å². The fourth-order valence-corrected chi connectivity index (χ4v) is 2.38. The number of aliphatic hydroxyl groups excluding tert-OH is 1. The molecule has 0 spiro atoms. The number of hydrogen-bond acceptors (Lipinski definition) is 3. The molecule has 1 amide bonds. The first-order valence-electron chi connectivity index (χ1n) is 6.41. The van der Waals surface area contributed by atoms with E-state index in [0.717, 1.165) is 19.3 Å². The smallest absolute Gasteiger partial charge is 0.251 e. The Morgan fingerprint density at radius 3 is 2.95 bits per heavy atom. The van der Waals surface area contributed by atoms with E-state index in [9.17, 15) is 14.3 Å². The third kappa shape index (κ3) is 3.23. The van der Waals surface area contributed by atoms with Gasteiger partial charge in [-0.3, -0.25) is 4.79 Å². The number of rotatable bonds is 4. The van der Waals surface area contributed by atoms with Crippen LogP contribution < -0.4 is 10.1 Å². The highest BCUT2D eigenvalue weighted by Crippen LogP contribution is 2.25. The Kier molecular flexibility index (Phi) is 4.37. The highest BCUT2D eigenvalue weighted by Gasteiger charge is 2.25. The second kappa shape index (κ2) is 6.02. The molecule has 4 nitrogen and oxygen atoms in total. The minimum Gasteiger partial charge on any atom is -0.494 e. The van der Waals surface area contributed by atoms with Crippen LogP contribution >= 0.6 is 0 Å². The average Bonchev–Trinajstić information content (AvgIpc) is 2.82. The normalized spacial score (nSPS) is 22.3. The lowest BCUT2D eigenvalue weighted by Gasteiger charge is -2.15. The van der Waals surface area contributed by atoms with Crippen LogP contribution in [0.3, 0.4) is 0 Å². The Morgan fingerprint density at radius 2 is 2.32 bits per heavy atom. The molecule has 0 heterocycles. The molecule has 104 valence electrons. The number of benzene rings is 1. The second-order valence-electron chi connectivity index (χ2n) is 4.82. The van der Waals surface area contributed by atoms with Crippen molar-refractivity contribution in [2.75, 3.05) is 13.7 Å². The second-order valence-corrected chi connectivity index (χ2v) is 4.82. The molecule has 1 aromatic carbocycles. The van der Waals surface area contributed by atoms with Crippen LogP contribution in [0, 0.1) is 11.7 Å². The molecule has 1 aliphatic carbocycles. The molecule has 1 fully saturated rings. The first-order chi connectivity index (χ1) is 9.11. The number of methoxy groups -OCH3 is 1. The van der Waals surface area contributed by atoms with Crippen molar-refractivity contribution in [3.8, 4) is 5.75 Å². The summed E-state index contributed by atoms with van der Waals surface area (Å²) in [5, 5.41) is 12.4. The van der Waals surface area contributed by atoms with Gasteiger partial charge in [0.2, 0.25) is 0 Å². The molecule has 5 heteroatoms. The Morgan fingerprint density at radius 1 is 1.53 bits per heavy atom. The molecular formula is C14H18FNO3. The van der Waals surface area contributed by atoms with E-state index in [0.29, 0.717) is 12.1 Å². The quantitative estimate of drug-likeness (QED) is 0.873. The highest BCUT2D eigenvalue weighted by atomic mass is 19.1. The van der Waals surface area contributed by atoms with Gasteiger partial charge in [-0.15, -0.1) is 0 Å². The maximum Gasteiger partial charge on any atom is 0.251 e. The minimum atomic E-state index is -0.495. The molecule has 0 radical (unpaired) electrons. The summed E-state index contributed by atoms with van der Waals surface area (Å²) < 4.78 is 18.1. The minimum absolute atomic E-state index is 0.0496. The number of hydrogen-bond donors (Lipinski definition) is 2. The molecule has 1 aliphatic rings. The van der Waals surface area contributed by atoms with Crippen molar-refractivity contribution < 1.29 is 19.0 Å². The topological polar surface area (TPSA) is 58.6 Å². The zero-order valence-electron chi connectivity index (χ0n) is 10.9. The van der Waals surface area contributed by atoms with Crippen molar-refractivity contribution in [3.05, 3.63) is 29.6 Å². The molecule has 2 unspecified atom stereocenters. The van der Waals surface area contributed by atoms with Crippen LogP contribution in [0.4, 0.5) is 4.39 Å². The van der Waals surface area contributed by atoms with Crippen LogP contribution in [0.5, 0.6) is 5.75 Å². The van der Waals surface area contributed by atoms with E-state index in [1.54, 1.807) is 0 Å². The molecular weight excluding hydrogens is 249 g/mol. The van der Waals surface area contributed by atoms with Crippen molar-refractivity contribution in [1.82, 2.24) is 5.32 Å². The third-order valence-electron chi connectivity index (χ3n) is 3.56. The Balaban J connectivity index is 1.96. The zero-order valence-corrected chi connectivity index (χ0v) is 10.9. The number of halogens is 1. The van der Waals surface area contributed by atoms with E-state index >= 15 is 0 Å². The summed E-state index contributed by atoms with van der Waals surface area (Å²) in [6, 6.07) is 3.99. The van der Waals surface area contributed by atoms with Gasteiger partial charge in [0, 0.05) is 18.0 Å². The Bertz CT molecular complexity index is 464. The Hall–Kier alpha value is -1.62. The van der Waals surface area contributed by atoms with Gasteiger partial charge in [-0.1, -0.05) is 6.42 Å². The maximum atomic E-state index is 13.2. The van der Waals surface area contributed by atoms with Gasteiger partial charge in [-0.2, -0.15) is 0 Å². The van der Waals surface area contributed by atoms with Gasteiger partial charge >= 0.3 is 0 Å². The number of aliphatic hydroxyl groups is 1. The number of carbonyl (C=O) groups excluding carboxylic acids is 1. The third-order valence-corrected chi connectivity index (χ3v) is 3.56. The van der Waals surface area contributed by atoms with E-state index in [1.165, 1.54) is 25.3 Å². The SMILES string of the molecule is COc1cc(C(=O)NCC2CCCC2O)ccc1F. The van der Waals surface area contributed by atoms with Crippen molar-refractivity contribution in [3.63, 3.8) is 0 Å². The molecule has 0 aliphatic heterocycles. The maximum absolute atomic E-state index is 13.2. The lowest BCUT2D eigenvalue weighted by Crippen LogP contribution is -2.32. The molecule has 1 saturated carbocycles. The fourth-order valence-electron chi connectivity index (χ4n) is 2.38. The number of nitrogens with one attached hydrogen (secondary N) is 1. The summed E-state index contributed by atoms with van der Waals surface area (Å²) in [5.41, 5.74) is 0.353. The Labute approximate surface area is 111 Å². The predicted octanol–water partition coefficient (Wildman–Crippen LogP) is 1.73. The fraction of sp³-hybridized carbons (Fsp3) is 0.500. The molecule has 0 aromatic heterocycles. The van der Waals surface area contributed by atoms with E-state index in [2.05, 4.69) is 5.32 Å². The standard InChI is InChI=1S/C14H18FNO3/c1-19-13-7-9(5-6-11(13)15)14(18)16-8-10-3-2-4-12(10)17/h5-7,10,12,17H,2-4,8H2,1H3,(H,16,18). The van der Waals surface area contributed by atoms with Crippen molar-refractivity contribution in [2.45, 2.75) is 25.4 Å². The van der Waals surface area contributed by atoms with Crippen molar-refractivity contribution in [1.29, 1.82) is 0 Å². The van der Waals surface area contributed by atoms with Crippen molar-refractivity contribution >= 4 is 5.91 Å². The molecule has 0 saturated heterocycles. The monoisotopic (exact) mass is 267 g/mol. The van der Waals surface area contributed by atoms with Crippen LogP contribution in [-0.4, -0.2) is 30.8 Å². The molecule has 1 aromatic rings. The average molecular weight is 267 g/mol. The van der Waals surface area contributed by atoms with E-state index in [1.807, 2.05) is 0 Å². The van der Waals surface area contributed by atoms with Crippen LogP contribution in [-0.2, 0) is 0 Å². The molecule has 0 bridgehead atoms. The number of ether oxygens (including phenoxy) is 1. The van der Waals surface area contributed by atoms with Gasteiger partial charge in [0.15, 0.2) is 11.6 Å². The van der Waals surface area contributed by atoms with Crippen molar-refractivity contribution in [2.24, 2.45) is 5.92 Å². The molecule has 2 atom stereocenters. The van der Waals surface area contributed by atoms with Gasteiger partial charge in [0.05, 0.1) is 13.2 Å². The summed E-state index contributed by atoms with van der Waals surface area (Å²) in [7, 11) is 1.36. The predicted molar refractivity (Wildman–Crippen MR) is 68.6 cm³/mol. The van der Waals surface area contributed by atoms with Crippen LogP contribution in [0.15, 0.2) is 18.2 Å². The highest BCUT2D eigenvalue weighted by molar-refractivity contribution is 5.94. The summed E-state index contributed by atoms with van der Waals surface area (Å²) in [4.78, 5) is 11.9. The summed E-state index contributed by atoms with van der Waals surface area (Å²) >= 11 is 0. The van der Waals surface area contributed by atoms with Gasteiger partial charge in [-0.25, -0.2) is 4.39 Å². The number of amides is 1.